The van der Waals surface area contributed by atoms with Gasteiger partial charge in [-0.25, -0.2) is 0 Å². The standard InChI is InChI=1S/C13H19N3S.ClH/c1-3-15(4-2)9-10-16-12-8-6-5-7-11(12)14-13(16)17;/h5-8H,3-4,9-10H2,1-2H3,(H,14,17);1H. The van der Waals surface area contributed by atoms with Crippen LogP contribution < -0.4 is 0 Å². The summed E-state index contributed by atoms with van der Waals surface area (Å²) >= 11 is 5.37. The SMILES string of the molecule is CCN(CC)CCn1c(=S)[nH]c2ccccc21.Cl. The van der Waals surface area contributed by atoms with E-state index in [9.17, 15) is 0 Å². The van der Waals surface area contributed by atoms with Crippen molar-refractivity contribution in [1.82, 2.24) is 14.5 Å². The van der Waals surface area contributed by atoms with Crippen LogP contribution >= 0.6 is 24.6 Å². The highest BCUT2D eigenvalue weighted by Gasteiger charge is 2.05. The number of rotatable bonds is 5. The lowest BCUT2D eigenvalue weighted by Gasteiger charge is -2.18. The van der Waals surface area contributed by atoms with Crippen molar-refractivity contribution in [3.63, 3.8) is 0 Å². The molecule has 0 spiro atoms. The zero-order valence-corrected chi connectivity index (χ0v) is 12.5. The fourth-order valence-electron chi connectivity index (χ4n) is 2.11. The number of nitrogens with zero attached hydrogens (tertiary/aromatic N) is 2. The topological polar surface area (TPSA) is 24.0 Å². The highest BCUT2D eigenvalue weighted by atomic mass is 35.5. The number of likely N-dealkylation sites (N-methyl/N-ethyl adjacent to an activating group) is 1. The van der Waals surface area contributed by atoms with Gasteiger partial charge < -0.3 is 14.5 Å². The van der Waals surface area contributed by atoms with Crippen LogP contribution in [0.25, 0.3) is 11.0 Å². The monoisotopic (exact) mass is 285 g/mol. The molecule has 0 aliphatic carbocycles. The number of halogens is 1. The third kappa shape index (κ3) is 3.13. The Morgan fingerprint density at radius 1 is 1.22 bits per heavy atom. The number of H-pyrrole nitrogens is 1. The van der Waals surface area contributed by atoms with Gasteiger partial charge in [-0.05, 0) is 37.4 Å². The summed E-state index contributed by atoms with van der Waals surface area (Å²) in [6.07, 6.45) is 0. The summed E-state index contributed by atoms with van der Waals surface area (Å²) in [4.78, 5) is 5.65. The van der Waals surface area contributed by atoms with Crippen LogP contribution in [0.3, 0.4) is 0 Å². The first-order valence-corrected chi connectivity index (χ1v) is 6.57. The fraction of sp³-hybridized carbons (Fsp3) is 0.462. The van der Waals surface area contributed by atoms with Crippen LogP contribution in [0.4, 0.5) is 0 Å². The zero-order valence-electron chi connectivity index (χ0n) is 10.8. The van der Waals surface area contributed by atoms with Gasteiger partial charge >= 0.3 is 0 Å². The summed E-state index contributed by atoms with van der Waals surface area (Å²) in [6, 6.07) is 8.27. The summed E-state index contributed by atoms with van der Waals surface area (Å²) in [5.41, 5.74) is 2.32. The van der Waals surface area contributed by atoms with Crippen LogP contribution in [-0.2, 0) is 6.54 Å². The number of imidazole rings is 1. The average molecular weight is 286 g/mol. The molecule has 100 valence electrons. The number of para-hydroxylation sites is 2. The van der Waals surface area contributed by atoms with E-state index in [2.05, 4.69) is 46.5 Å². The molecule has 0 bridgehead atoms. The number of hydrogen-bond donors (Lipinski definition) is 1. The molecule has 0 saturated carbocycles. The van der Waals surface area contributed by atoms with Crippen molar-refractivity contribution in [2.24, 2.45) is 0 Å². The van der Waals surface area contributed by atoms with Crippen molar-refractivity contribution in [2.75, 3.05) is 19.6 Å². The quantitative estimate of drug-likeness (QED) is 0.851. The summed E-state index contributed by atoms with van der Waals surface area (Å²) in [5.74, 6) is 0. The number of nitrogens with one attached hydrogen (secondary N) is 1. The van der Waals surface area contributed by atoms with Gasteiger partial charge in [0, 0.05) is 13.1 Å². The molecule has 0 unspecified atom stereocenters. The Morgan fingerprint density at radius 2 is 1.89 bits per heavy atom. The van der Waals surface area contributed by atoms with Gasteiger partial charge in [-0.3, -0.25) is 0 Å². The van der Waals surface area contributed by atoms with Crippen molar-refractivity contribution >= 4 is 35.7 Å². The molecule has 5 heteroatoms. The van der Waals surface area contributed by atoms with Crippen LogP contribution in [0, 0.1) is 4.77 Å². The maximum Gasteiger partial charge on any atom is 0.178 e. The van der Waals surface area contributed by atoms with Crippen LogP contribution in [-0.4, -0.2) is 34.1 Å². The second kappa shape index (κ2) is 6.92. The molecule has 0 amide bonds. The number of hydrogen-bond acceptors (Lipinski definition) is 2. The van der Waals surface area contributed by atoms with Gasteiger partial charge in [0.15, 0.2) is 4.77 Å². The molecule has 0 radical (unpaired) electrons. The second-order valence-electron chi connectivity index (χ2n) is 4.13. The van der Waals surface area contributed by atoms with Gasteiger partial charge in [-0.1, -0.05) is 26.0 Å². The Hall–Kier alpha value is -0.840. The lowest BCUT2D eigenvalue weighted by Crippen LogP contribution is -2.27. The average Bonchev–Trinajstić information content (AvgIpc) is 2.67. The highest BCUT2D eigenvalue weighted by molar-refractivity contribution is 7.71. The van der Waals surface area contributed by atoms with Gasteiger partial charge in [0.05, 0.1) is 11.0 Å². The number of fused-ring (bicyclic) bond motifs is 1. The Morgan fingerprint density at radius 3 is 2.56 bits per heavy atom. The van der Waals surface area contributed by atoms with E-state index in [0.29, 0.717) is 0 Å². The van der Waals surface area contributed by atoms with E-state index in [0.717, 1.165) is 36.5 Å². The molecule has 1 N–H and O–H groups in total. The first kappa shape index (κ1) is 15.2. The smallest absolute Gasteiger partial charge is 0.178 e. The molecule has 2 rings (SSSR count). The minimum atomic E-state index is 0. The van der Waals surface area contributed by atoms with E-state index in [1.54, 1.807) is 0 Å². The van der Waals surface area contributed by atoms with Gasteiger partial charge in [-0.2, -0.15) is 0 Å². The Labute approximate surface area is 119 Å². The van der Waals surface area contributed by atoms with E-state index in [1.165, 1.54) is 5.52 Å². The maximum atomic E-state index is 5.37. The van der Waals surface area contributed by atoms with Crippen molar-refractivity contribution < 1.29 is 0 Å². The van der Waals surface area contributed by atoms with Gasteiger partial charge in [0.25, 0.3) is 0 Å². The molecule has 1 aromatic carbocycles. The first-order chi connectivity index (χ1) is 8.26. The molecule has 0 aliphatic heterocycles. The maximum absolute atomic E-state index is 5.37. The zero-order chi connectivity index (χ0) is 12.3. The molecule has 0 atom stereocenters. The van der Waals surface area contributed by atoms with Crippen molar-refractivity contribution in [1.29, 1.82) is 0 Å². The normalized spacial score (nSPS) is 10.8. The molecule has 0 aliphatic rings. The summed E-state index contributed by atoms with van der Waals surface area (Å²) < 4.78 is 3.00. The van der Waals surface area contributed by atoms with Crippen LogP contribution in [0.5, 0.6) is 0 Å². The van der Waals surface area contributed by atoms with Gasteiger partial charge in [0.2, 0.25) is 0 Å². The largest absolute Gasteiger partial charge is 0.331 e. The molecule has 1 heterocycles. The molecular formula is C13H20ClN3S. The number of benzene rings is 1. The minimum absolute atomic E-state index is 0. The fourth-order valence-corrected chi connectivity index (χ4v) is 2.41. The molecule has 3 nitrogen and oxygen atoms in total. The summed E-state index contributed by atoms with van der Waals surface area (Å²) in [6.45, 7) is 8.56. The van der Waals surface area contributed by atoms with Crippen LogP contribution in [0.15, 0.2) is 24.3 Å². The second-order valence-corrected chi connectivity index (χ2v) is 4.51. The molecule has 2 aromatic rings. The predicted octanol–water partition coefficient (Wildman–Crippen LogP) is 3.46. The van der Waals surface area contributed by atoms with E-state index in [4.69, 9.17) is 12.2 Å². The molecule has 18 heavy (non-hydrogen) atoms. The van der Waals surface area contributed by atoms with Crippen LogP contribution in [0.1, 0.15) is 13.8 Å². The minimum Gasteiger partial charge on any atom is -0.331 e. The predicted molar refractivity (Wildman–Crippen MR) is 82.2 cm³/mol. The molecular weight excluding hydrogens is 266 g/mol. The van der Waals surface area contributed by atoms with Crippen molar-refractivity contribution in [3.8, 4) is 0 Å². The lowest BCUT2D eigenvalue weighted by molar-refractivity contribution is 0.291. The van der Waals surface area contributed by atoms with Gasteiger partial charge in [-0.15, -0.1) is 12.4 Å². The van der Waals surface area contributed by atoms with Crippen molar-refractivity contribution in [3.05, 3.63) is 29.0 Å². The summed E-state index contributed by atoms with van der Waals surface area (Å²) in [5, 5.41) is 0. The first-order valence-electron chi connectivity index (χ1n) is 6.16. The van der Waals surface area contributed by atoms with Gasteiger partial charge in [0.1, 0.15) is 0 Å². The van der Waals surface area contributed by atoms with Crippen molar-refractivity contribution in [2.45, 2.75) is 20.4 Å². The summed E-state index contributed by atoms with van der Waals surface area (Å²) in [7, 11) is 0. The van der Waals surface area contributed by atoms with Crippen LogP contribution in [0.2, 0.25) is 0 Å². The number of aromatic nitrogens is 2. The molecule has 1 aromatic heterocycles. The van der Waals surface area contributed by atoms with E-state index in [-0.39, 0.29) is 12.4 Å². The highest BCUT2D eigenvalue weighted by Crippen LogP contribution is 2.13. The van der Waals surface area contributed by atoms with E-state index < -0.39 is 0 Å². The molecule has 0 fully saturated rings. The lowest BCUT2D eigenvalue weighted by atomic mass is 10.3. The van der Waals surface area contributed by atoms with E-state index in [1.807, 2.05) is 6.07 Å². The third-order valence-electron chi connectivity index (χ3n) is 3.22. The van der Waals surface area contributed by atoms with E-state index >= 15 is 0 Å². The molecule has 0 saturated heterocycles. The Kier molecular flexibility index (Phi) is 5.85. The number of aromatic amines is 1. The Bertz CT molecular complexity index is 542. The Balaban J connectivity index is 0.00000162. The third-order valence-corrected chi connectivity index (χ3v) is 3.54.